The van der Waals surface area contributed by atoms with Gasteiger partial charge in [-0.05, 0) is 17.3 Å². The average Bonchev–Trinajstić information content (AvgIpc) is 2.78. The normalized spacial score (nSPS) is 23.1. The molecule has 2 N–H and O–H groups in total. The molecule has 2 atom stereocenters. The predicted molar refractivity (Wildman–Crippen MR) is 72.3 cm³/mol. The van der Waals surface area contributed by atoms with Crippen LogP contribution < -0.4 is 5.73 Å². The standard InChI is InChI=1S/C13H15F3N2OS/c14-13(15,16)20-8-12(19)18-6-10(11(17)7-18)9-4-2-1-3-5-9/h1-5,10-11H,6-8,17H2/t10-,11+/m0/s1. The number of amides is 1. The lowest BCUT2D eigenvalue weighted by atomic mass is 9.95. The second kappa shape index (κ2) is 6.05. The van der Waals surface area contributed by atoms with Crippen LogP contribution in [0.25, 0.3) is 0 Å². The molecule has 1 saturated heterocycles. The van der Waals surface area contributed by atoms with E-state index in [0.717, 1.165) is 5.56 Å². The first-order valence-electron chi connectivity index (χ1n) is 6.16. The Kier molecular flexibility index (Phi) is 4.59. The summed E-state index contributed by atoms with van der Waals surface area (Å²) in [4.78, 5) is 13.2. The van der Waals surface area contributed by atoms with E-state index in [4.69, 9.17) is 5.73 Å². The summed E-state index contributed by atoms with van der Waals surface area (Å²) in [5.74, 6) is -1.12. The molecule has 1 aliphatic heterocycles. The minimum atomic E-state index is -4.38. The van der Waals surface area contributed by atoms with Gasteiger partial charge in [0, 0.05) is 25.0 Å². The topological polar surface area (TPSA) is 46.3 Å². The smallest absolute Gasteiger partial charge is 0.340 e. The lowest BCUT2D eigenvalue weighted by Gasteiger charge is -2.16. The SMILES string of the molecule is N[C@@H]1CN(C(=O)CSC(F)(F)F)C[C@H]1c1ccccc1. The molecule has 0 bridgehead atoms. The van der Waals surface area contributed by atoms with Crippen LogP contribution in [0.2, 0.25) is 0 Å². The molecular weight excluding hydrogens is 289 g/mol. The highest BCUT2D eigenvalue weighted by Crippen LogP contribution is 2.31. The summed E-state index contributed by atoms with van der Waals surface area (Å²) in [7, 11) is 0. The van der Waals surface area contributed by atoms with Gasteiger partial charge in [0.25, 0.3) is 0 Å². The summed E-state index contributed by atoms with van der Waals surface area (Å²) >= 11 is -0.305. The van der Waals surface area contributed by atoms with E-state index in [1.165, 1.54) is 4.90 Å². The van der Waals surface area contributed by atoms with Crippen molar-refractivity contribution in [2.75, 3.05) is 18.8 Å². The van der Waals surface area contributed by atoms with Crippen LogP contribution in [0.3, 0.4) is 0 Å². The van der Waals surface area contributed by atoms with Crippen LogP contribution >= 0.6 is 11.8 Å². The van der Waals surface area contributed by atoms with Crippen molar-refractivity contribution in [2.24, 2.45) is 5.73 Å². The number of benzene rings is 1. The number of alkyl halides is 3. The Labute approximate surface area is 119 Å². The molecule has 0 aromatic heterocycles. The minimum absolute atomic E-state index is 0.0176. The van der Waals surface area contributed by atoms with Crippen molar-refractivity contribution in [2.45, 2.75) is 17.5 Å². The van der Waals surface area contributed by atoms with Gasteiger partial charge in [-0.1, -0.05) is 30.3 Å². The van der Waals surface area contributed by atoms with Crippen LogP contribution in [0.4, 0.5) is 13.2 Å². The maximum atomic E-state index is 12.1. The maximum absolute atomic E-state index is 12.1. The van der Waals surface area contributed by atoms with E-state index in [2.05, 4.69) is 0 Å². The number of thioether (sulfide) groups is 1. The molecule has 1 aromatic carbocycles. The third-order valence-electron chi connectivity index (χ3n) is 3.30. The number of carbonyl (C=O) groups excluding carboxylic acids is 1. The summed E-state index contributed by atoms with van der Waals surface area (Å²) in [6.07, 6.45) is 0. The summed E-state index contributed by atoms with van der Waals surface area (Å²) in [5, 5.41) is 0. The van der Waals surface area contributed by atoms with Gasteiger partial charge >= 0.3 is 5.51 Å². The Hall–Kier alpha value is -1.21. The fourth-order valence-corrected chi connectivity index (χ4v) is 2.79. The monoisotopic (exact) mass is 304 g/mol. The lowest BCUT2D eigenvalue weighted by Crippen LogP contribution is -2.33. The van der Waals surface area contributed by atoms with Gasteiger partial charge in [0.1, 0.15) is 0 Å². The molecule has 0 unspecified atom stereocenters. The largest absolute Gasteiger partial charge is 0.442 e. The molecule has 20 heavy (non-hydrogen) atoms. The van der Waals surface area contributed by atoms with Crippen LogP contribution in [0.1, 0.15) is 11.5 Å². The Morgan fingerprint density at radius 2 is 1.95 bits per heavy atom. The fraction of sp³-hybridized carbons (Fsp3) is 0.462. The molecule has 1 amide bonds. The van der Waals surface area contributed by atoms with Crippen LogP contribution in [0, 0.1) is 0 Å². The minimum Gasteiger partial charge on any atom is -0.340 e. The molecule has 110 valence electrons. The van der Waals surface area contributed by atoms with Crippen molar-refractivity contribution in [3.8, 4) is 0 Å². The molecule has 1 fully saturated rings. The van der Waals surface area contributed by atoms with E-state index in [1.54, 1.807) is 0 Å². The van der Waals surface area contributed by atoms with Crippen molar-refractivity contribution in [1.29, 1.82) is 0 Å². The van der Waals surface area contributed by atoms with Gasteiger partial charge in [0.05, 0.1) is 5.75 Å². The van der Waals surface area contributed by atoms with Gasteiger partial charge in [-0.15, -0.1) is 0 Å². The van der Waals surface area contributed by atoms with Crippen molar-refractivity contribution in [1.82, 2.24) is 4.90 Å². The van der Waals surface area contributed by atoms with E-state index in [-0.39, 0.29) is 23.7 Å². The molecular formula is C13H15F3N2OS. The number of likely N-dealkylation sites (tertiary alicyclic amines) is 1. The highest BCUT2D eigenvalue weighted by atomic mass is 32.2. The van der Waals surface area contributed by atoms with Crippen LogP contribution in [0.15, 0.2) is 30.3 Å². The summed E-state index contributed by atoms with van der Waals surface area (Å²) < 4.78 is 36.3. The Bertz CT molecular complexity index is 466. The molecule has 0 spiro atoms. The molecule has 2 rings (SSSR count). The van der Waals surface area contributed by atoms with Crippen molar-refractivity contribution in [3.63, 3.8) is 0 Å². The van der Waals surface area contributed by atoms with Crippen molar-refractivity contribution >= 4 is 17.7 Å². The number of hydrogen-bond donors (Lipinski definition) is 1. The Morgan fingerprint density at radius 3 is 2.55 bits per heavy atom. The lowest BCUT2D eigenvalue weighted by molar-refractivity contribution is -0.127. The van der Waals surface area contributed by atoms with Gasteiger partial charge in [-0.25, -0.2) is 0 Å². The first-order chi connectivity index (χ1) is 9.37. The predicted octanol–water partition coefficient (Wildman–Crippen LogP) is 2.19. The van der Waals surface area contributed by atoms with Gasteiger partial charge in [-0.3, -0.25) is 4.79 Å². The summed E-state index contributed by atoms with van der Waals surface area (Å²) in [5.41, 5.74) is 2.63. The zero-order valence-corrected chi connectivity index (χ0v) is 11.5. The first kappa shape index (κ1) is 15.2. The second-order valence-corrected chi connectivity index (χ2v) is 5.75. The van der Waals surface area contributed by atoms with E-state index in [1.807, 2.05) is 30.3 Å². The number of carbonyl (C=O) groups is 1. The first-order valence-corrected chi connectivity index (χ1v) is 7.14. The molecule has 0 aliphatic carbocycles. The number of rotatable bonds is 3. The highest BCUT2D eigenvalue weighted by Gasteiger charge is 2.36. The van der Waals surface area contributed by atoms with Crippen LogP contribution in [0.5, 0.6) is 0 Å². The molecule has 1 aliphatic rings. The van der Waals surface area contributed by atoms with Crippen LogP contribution in [-0.4, -0.2) is 41.2 Å². The van der Waals surface area contributed by atoms with E-state index in [0.29, 0.717) is 13.1 Å². The third-order valence-corrected chi connectivity index (χ3v) is 4.02. The molecule has 1 aromatic rings. The number of nitrogens with zero attached hydrogens (tertiary/aromatic N) is 1. The average molecular weight is 304 g/mol. The Morgan fingerprint density at radius 1 is 1.30 bits per heavy atom. The molecule has 1 heterocycles. The van der Waals surface area contributed by atoms with Gasteiger partial charge in [-0.2, -0.15) is 13.2 Å². The molecule has 3 nitrogen and oxygen atoms in total. The second-order valence-electron chi connectivity index (χ2n) is 4.71. The van der Waals surface area contributed by atoms with Gasteiger partial charge in [0.15, 0.2) is 0 Å². The number of nitrogens with two attached hydrogens (primary N) is 1. The summed E-state index contributed by atoms with van der Waals surface area (Å²) in [6, 6.07) is 9.24. The van der Waals surface area contributed by atoms with Gasteiger partial charge < -0.3 is 10.6 Å². The highest BCUT2D eigenvalue weighted by molar-refractivity contribution is 8.00. The molecule has 7 heteroatoms. The summed E-state index contributed by atoms with van der Waals surface area (Å²) in [6.45, 7) is 0.680. The molecule has 0 radical (unpaired) electrons. The van der Waals surface area contributed by atoms with E-state index < -0.39 is 17.2 Å². The fourth-order valence-electron chi connectivity index (χ4n) is 2.32. The zero-order chi connectivity index (χ0) is 14.8. The zero-order valence-electron chi connectivity index (χ0n) is 10.6. The van der Waals surface area contributed by atoms with E-state index >= 15 is 0 Å². The quantitative estimate of drug-likeness (QED) is 0.931. The van der Waals surface area contributed by atoms with Crippen LogP contribution in [-0.2, 0) is 4.79 Å². The number of hydrogen-bond acceptors (Lipinski definition) is 3. The van der Waals surface area contributed by atoms with E-state index in [9.17, 15) is 18.0 Å². The molecule has 0 saturated carbocycles. The number of halogens is 3. The Balaban J connectivity index is 1.95. The van der Waals surface area contributed by atoms with Crippen molar-refractivity contribution < 1.29 is 18.0 Å². The van der Waals surface area contributed by atoms with Gasteiger partial charge in [0.2, 0.25) is 5.91 Å². The maximum Gasteiger partial charge on any atom is 0.442 e. The third kappa shape index (κ3) is 3.89. The van der Waals surface area contributed by atoms with Crippen molar-refractivity contribution in [3.05, 3.63) is 35.9 Å².